The van der Waals surface area contributed by atoms with Crippen molar-refractivity contribution >= 4 is 5.69 Å². The zero-order valence-corrected chi connectivity index (χ0v) is 11.3. The van der Waals surface area contributed by atoms with Gasteiger partial charge in [0.2, 0.25) is 0 Å². The van der Waals surface area contributed by atoms with Crippen LogP contribution in [0.1, 0.15) is 25.8 Å². The van der Waals surface area contributed by atoms with Crippen LogP contribution in [0.4, 0.5) is 5.69 Å². The standard InChI is InChI=1S/C15H23NO2/c1-3-17-11-12(2)18-14-9-8-13-6-4-5-7-15(13)16-10-14/h4-7,12,14,16H,3,8-11H2,1-2H3. The van der Waals surface area contributed by atoms with Crippen molar-refractivity contribution in [1.82, 2.24) is 0 Å². The lowest BCUT2D eigenvalue weighted by Crippen LogP contribution is -2.28. The summed E-state index contributed by atoms with van der Waals surface area (Å²) in [6.45, 7) is 6.40. The van der Waals surface area contributed by atoms with Crippen molar-refractivity contribution in [3.63, 3.8) is 0 Å². The second-order valence-corrected chi connectivity index (χ2v) is 4.80. The van der Waals surface area contributed by atoms with Crippen LogP contribution in [0.5, 0.6) is 0 Å². The van der Waals surface area contributed by atoms with E-state index in [1.54, 1.807) is 0 Å². The number of anilines is 1. The van der Waals surface area contributed by atoms with E-state index >= 15 is 0 Å². The number of aryl methyl sites for hydroxylation is 1. The molecule has 2 unspecified atom stereocenters. The first-order valence-electron chi connectivity index (χ1n) is 6.84. The quantitative estimate of drug-likeness (QED) is 0.870. The topological polar surface area (TPSA) is 30.5 Å². The fraction of sp³-hybridized carbons (Fsp3) is 0.600. The highest BCUT2D eigenvalue weighted by molar-refractivity contribution is 5.51. The number of ether oxygens (including phenoxy) is 2. The monoisotopic (exact) mass is 249 g/mol. The van der Waals surface area contributed by atoms with Gasteiger partial charge < -0.3 is 14.8 Å². The predicted molar refractivity (Wildman–Crippen MR) is 74.1 cm³/mol. The van der Waals surface area contributed by atoms with Crippen molar-refractivity contribution < 1.29 is 9.47 Å². The molecule has 0 aromatic heterocycles. The minimum Gasteiger partial charge on any atom is -0.382 e. The van der Waals surface area contributed by atoms with E-state index in [1.165, 1.54) is 11.3 Å². The summed E-state index contributed by atoms with van der Waals surface area (Å²) in [6, 6.07) is 8.50. The molecule has 0 aliphatic carbocycles. The third-order valence-electron chi connectivity index (χ3n) is 3.25. The maximum Gasteiger partial charge on any atom is 0.0785 e. The fourth-order valence-electron chi connectivity index (χ4n) is 2.32. The summed E-state index contributed by atoms with van der Waals surface area (Å²) in [4.78, 5) is 0. The molecule has 2 atom stereocenters. The van der Waals surface area contributed by atoms with Gasteiger partial charge in [0, 0.05) is 18.8 Å². The maximum atomic E-state index is 6.02. The average Bonchev–Trinajstić information content (AvgIpc) is 2.59. The first-order valence-corrected chi connectivity index (χ1v) is 6.84. The largest absolute Gasteiger partial charge is 0.382 e. The highest BCUT2D eigenvalue weighted by Crippen LogP contribution is 2.22. The molecule has 0 spiro atoms. The van der Waals surface area contributed by atoms with Crippen LogP contribution in [0.2, 0.25) is 0 Å². The highest BCUT2D eigenvalue weighted by Gasteiger charge is 2.18. The molecule has 2 rings (SSSR count). The molecular formula is C15H23NO2. The van der Waals surface area contributed by atoms with Gasteiger partial charge in [0.05, 0.1) is 18.8 Å². The van der Waals surface area contributed by atoms with Gasteiger partial charge in [-0.1, -0.05) is 18.2 Å². The third-order valence-corrected chi connectivity index (χ3v) is 3.25. The average molecular weight is 249 g/mol. The number of benzene rings is 1. The molecule has 0 saturated heterocycles. The first kappa shape index (κ1) is 13.4. The van der Waals surface area contributed by atoms with Crippen LogP contribution in [0.15, 0.2) is 24.3 Å². The first-order chi connectivity index (χ1) is 8.79. The number of fused-ring (bicyclic) bond motifs is 1. The van der Waals surface area contributed by atoms with E-state index in [0.717, 1.165) is 26.0 Å². The Morgan fingerprint density at radius 3 is 3.06 bits per heavy atom. The molecule has 1 aliphatic rings. The Hall–Kier alpha value is -1.06. The molecule has 1 aromatic rings. The molecule has 1 N–H and O–H groups in total. The van der Waals surface area contributed by atoms with E-state index in [-0.39, 0.29) is 12.2 Å². The summed E-state index contributed by atoms with van der Waals surface area (Å²) in [7, 11) is 0. The number of hydrogen-bond donors (Lipinski definition) is 1. The van der Waals surface area contributed by atoms with E-state index in [1.807, 2.05) is 6.92 Å². The van der Waals surface area contributed by atoms with Crippen molar-refractivity contribution in [2.45, 2.75) is 38.9 Å². The summed E-state index contributed by atoms with van der Waals surface area (Å²) < 4.78 is 11.4. The lowest BCUT2D eigenvalue weighted by Gasteiger charge is -2.21. The predicted octanol–water partition coefficient (Wildman–Crippen LogP) is 2.85. The van der Waals surface area contributed by atoms with Gasteiger partial charge in [-0.2, -0.15) is 0 Å². The lowest BCUT2D eigenvalue weighted by molar-refractivity contribution is -0.0431. The van der Waals surface area contributed by atoms with Gasteiger partial charge in [0.1, 0.15) is 0 Å². The van der Waals surface area contributed by atoms with Crippen LogP contribution in [0.3, 0.4) is 0 Å². The van der Waals surface area contributed by atoms with E-state index in [9.17, 15) is 0 Å². The van der Waals surface area contributed by atoms with Crippen molar-refractivity contribution in [3.05, 3.63) is 29.8 Å². The Kier molecular flexibility index (Phi) is 5.02. The van der Waals surface area contributed by atoms with Gasteiger partial charge in [-0.3, -0.25) is 0 Å². The Morgan fingerprint density at radius 2 is 2.22 bits per heavy atom. The molecule has 18 heavy (non-hydrogen) atoms. The molecule has 1 aliphatic heterocycles. The number of para-hydroxylation sites is 1. The van der Waals surface area contributed by atoms with E-state index in [4.69, 9.17) is 9.47 Å². The molecule has 3 heteroatoms. The Labute approximate surface area is 109 Å². The van der Waals surface area contributed by atoms with E-state index < -0.39 is 0 Å². The smallest absolute Gasteiger partial charge is 0.0785 e. The molecule has 3 nitrogen and oxygen atoms in total. The summed E-state index contributed by atoms with van der Waals surface area (Å²) >= 11 is 0. The molecule has 0 radical (unpaired) electrons. The molecule has 100 valence electrons. The van der Waals surface area contributed by atoms with Crippen LogP contribution in [0, 0.1) is 0 Å². The fourth-order valence-corrected chi connectivity index (χ4v) is 2.32. The van der Waals surface area contributed by atoms with Crippen LogP contribution in [-0.2, 0) is 15.9 Å². The molecule has 0 bridgehead atoms. The normalized spacial score (nSPS) is 20.7. The van der Waals surface area contributed by atoms with Gasteiger partial charge >= 0.3 is 0 Å². The number of hydrogen-bond acceptors (Lipinski definition) is 3. The zero-order chi connectivity index (χ0) is 12.8. The van der Waals surface area contributed by atoms with E-state index in [2.05, 4.69) is 36.5 Å². The molecule has 0 amide bonds. The SMILES string of the molecule is CCOCC(C)OC1CCc2ccccc2NC1. The van der Waals surface area contributed by atoms with Crippen molar-refractivity contribution in [3.8, 4) is 0 Å². The number of rotatable bonds is 5. The zero-order valence-electron chi connectivity index (χ0n) is 11.3. The van der Waals surface area contributed by atoms with Crippen molar-refractivity contribution in [1.29, 1.82) is 0 Å². The van der Waals surface area contributed by atoms with Crippen LogP contribution in [-0.4, -0.2) is 32.0 Å². The minimum atomic E-state index is 0.165. The number of nitrogens with one attached hydrogen (secondary N) is 1. The Balaban J connectivity index is 1.84. The van der Waals surface area contributed by atoms with Crippen molar-refractivity contribution in [2.24, 2.45) is 0 Å². The summed E-state index contributed by atoms with van der Waals surface area (Å²) in [6.07, 6.45) is 2.58. The lowest BCUT2D eigenvalue weighted by atomic mass is 10.1. The molecule has 0 fully saturated rings. The van der Waals surface area contributed by atoms with Gasteiger partial charge in [-0.25, -0.2) is 0 Å². The summed E-state index contributed by atoms with van der Waals surface area (Å²) in [5.74, 6) is 0. The highest BCUT2D eigenvalue weighted by atomic mass is 16.5. The summed E-state index contributed by atoms with van der Waals surface area (Å²) in [5, 5.41) is 3.47. The second-order valence-electron chi connectivity index (χ2n) is 4.80. The van der Waals surface area contributed by atoms with Gasteiger partial charge in [0.25, 0.3) is 0 Å². The van der Waals surface area contributed by atoms with E-state index in [0.29, 0.717) is 6.61 Å². The van der Waals surface area contributed by atoms with Crippen LogP contribution in [0.25, 0.3) is 0 Å². The van der Waals surface area contributed by atoms with Gasteiger partial charge in [-0.05, 0) is 38.3 Å². The van der Waals surface area contributed by atoms with Gasteiger partial charge in [0.15, 0.2) is 0 Å². The third kappa shape index (κ3) is 3.72. The molecular weight excluding hydrogens is 226 g/mol. The van der Waals surface area contributed by atoms with Crippen molar-refractivity contribution in [2.75, 3.05) is 25.1 Å². The molecule has 1 aromatic carbocycles. The Bertz CT molecular complexity index is 340. The summed E-state index contributed by atoms with van der Waals surface area (Å²) in [5.41, 5.74) is 2.64. The minimum absolute atomic E-state index is 0.165. The molecule has 0 saturated carbocycles. The second kappa shape index (κ2) is 6.76. The van der Waals surface area contributed by atoms with Crippen LogP contribution >= 0.6 is 0 Å². The maximum absolute atomic E-state index is 6.02. The van der Waals surface area contributed by atoms with Gasteiger partial charge in [-0.15, -0.1) is 0 Å². The van der Waals surface area contributed by atoms with Crippen LogP contribution < -0.4 is 5.32 Å². The Morgan fingerprint density at radius 1 is 1.39 bits per heavy atom. The molecule has 1 heterocycles.